The molecule has 2 aliphatic rings. The number of piperidine rings is 1. The standard InChI is InChI=1S/C19H20N2O3/c1-12(24-18(20)23)17(22)21-10-16-9-19(16,11-21)15-7-6-13-4-2-3-5-14(13)8-15/h2-8,12,16H,9-11H2,1H3,(H2,20,23)/t12?,16-,19+/m1/s1. The lowest BCUT2D eigenvalue weighted by molar-refractivity contribution is -0.138. The second-order valence-electron chi connectivity index (χ2n) is 6.92. The average molecular weight is 324 g/mol. The Hall–Kier alpha value is -2.56. The Morgan fingerprint density at radius 1 is 1.25 bits per heavy atom. The van der Waals surface area contributed by atoms with Gasteiger partial charge in [0.05, 0.1) is 0 Å². The van der Waals surface area contributed by atoms with Crippen molar-refractivity contribution in [2.24, 2.45) is 11.7 Å². The number of rotatable bonds is 3. The molecule has 0 spiro atoms. The van der Waals surface area contributed by atoms with E-state index in [2.05, 4.69) is 30.3 Å². The topological polar surface area (TPSA) is 72.6 Å². The first kappa shape index (κ1) is 15.0. The van der Waals surface area contributed by atoms with E-state index in [1.165, 1.54) is 16.3 Å². The molecular weight excluding hydrogens is 304 g/mol. The third-order valence-corrected chi connectivity index (χ3v) is 5.42. The fourth-order valence-electron chi connectivity index (χ4n) is 4.08. The van der Waals surface area contributed by atoms with Gasteiger partial charge in [-0.15, -0.1) is 0 Å². The van der Waals surface area contributed by atoms with Crippen molar-refractivity contribution in [3.8, 4) is 0 Å². The number of carbonyl (C=O) groups is 2. The number of hydrogen-bond acceptors (Lipinski definition) is 3. The maximum absolute atomic E-state index is 12.4. The molecule has 1 saturated carbocycles. The van der Waals surface area contributed by atoms with Gasteiger partial charge in [-0.1, -0.05) is 42.5 Å². The van der Waals surface area contributed by atoms with Crippen LogP contribution in [0.1, 0.15) is 18.9 Å². The van der Waals surface area contributed by atoms with E-state index in [1.807, 2.05) is 12.1 Å². The molecule has 1 aliphatic heterocycles. The summed E-state index contributed by atoms with van der Waals surface area (Å²) in [6.45, 7) is 2.97. The van der Waals surface area contributed by atoms with Crippen LogP contribution >= 0.6 is 0 Å². The van der Waals surface area contributed by atoms with Crippen LogP contribution in [0.3, 0.4) is 0 Å². The number of amides is 2. The molecule has 124 valence electrons. The summed E-state index contributed by atoms with van der Waals surface area (Å²) < 4.78 is 4.82. The third kappa shape index (κ3) is 2.31. The van der Waals surface area contributed by atoms with Gasteiger partial charge in [0, 0.05) is 18.5 Å². The number of ether oxygens (including phenoxy) is 1. The summed E-state index contributed by atoms with van der Waals surface area (Å²) in [5.74, 6) is 0.324. The highest BCUT2D eigenvalue weighted by molar-refractivity contribution is 5.85. The molecule has 4 rings (SSSR count). The molecule has 0 bridgehead atoms. The Kier molecular flexibility index (Phi) is 3.27. The largest absolute Gasteiger partial charge is 0.437 e. The summed E-state index contributed by atoms with van der Waals surface area (Å²) in [5.41, 5.74) is 6.36. The van der Waals surface area contributed by atoms with Crippen molar-refractivity contribution in [3.63, 3.8) is 0 Å². The van der Waals surface area contributed by atoms with Gasteiger partial charge < -0.3 is 15.4 Å². The van der Waals surface area contributed by atoms with Crippen LogP contribution < -0.4 is 5.73 Å². The highest BCUT2D eigenvalue weighted by atomic mass is 16.6. The van der Waals surface area contributed by atoms with Crippen molar-refractivity contribution >= 4 is 22.8 Å². The van der Waals surface area contributed by atoms with Gasteiger partial charge in [-0.3, -0.25) is 4.79 Å². The first-order valence-corrected chi connectivity index (χ1v) is 8.24. The minimum atomic E-state index is -0.913. The second-order valence-corrected chi connectivity index (χ2v) is 6.92. The van der Waals surface area contributed by atoms with Crippen molar-refractivity contribution in [2.45, 2.75) is 24.9 Å². The molecule has 2 aromatic carbocycles. The van der Waals surface area contributed by atoms with E-state index in [0.717, 1.165) is 13.0 Å². The summed E-state index contributed by atoms with van der Waals surface area (Å²) in [5, 5.41) is 2.45. The van der Waals surface area contributed by atoms with Gasteiger partial charge in [0.1, 0.15) is 0 Å². The summed E-state index contributed by atoms with van der Waals surface area (Å²) in [4.78, 5) is 25.1. The number of hydrogen-bond donors (Lipinski definition) is 1. The Bertz CT molecular complexity index is 834. The Labute approximate surface area is 140 Å². The molecule has 2 fully saturated rings. The zero-order chi connectivity index (χ0) is 16.9. The molecule has 1 unspecified atom stereocenters. The average Bonchev–Trinajstić information content (AvgIpc) is 3.14. The van der Waals surface area contributed by atoms with Gasteiger partial charge in [0.25, 0.3) is 5.91 Å². The lowest BCUT2D eigenvalue weighted by atomic mass is 9.93. The summed E-state index contributed by atoms with van der Waals surface area (Å²) in [6, 6.07) is 14.9. The molecule has 1 aliphatic carbocycles. The molecule has 24 heavy (non-hydrogen) atoms. The minimum Gasteiger partial charge on any atom is -0.437 e. The molecule has 5 nitrogen and oxygen atoms in total. The fraction of sp³-hybridized carbons (Fsp3) is 0.368. The van der Waals surface area contributed by atoms with Crippen LogP contribution in [-0.2, 0) is 14.9 Å². The second kappa shape index (κ2) is 5.23. The summed E-state index contributed by atoms with van der Waals surface area (Å²) >= 11 is 0. The third-order valence-electron chi connectivity index (χ3n) is 5.42. The molecule has 3 atom stereocenters. The predicted octanol–water partition coefficient (Wildman–Crippen LogP) is 2.42. The number of nitrogens with two attached hydrogens (primary N) is 1. The zero-order valence-corrected chi connectivity index (χ0v) is 13.6. The Morgan fingerprint density at radius 2 is 2.00 bits per heavy atom. The van der Waals surface area contributed by atoms with E-state index >= 15 is 0 Å². The van der Waals surface area contributed by atoms with Gasteiger partial charge in [0.15, 0.2) is 6.10 Å². The van der Waals surface area contributed by atoms with Crippen molar-refractivity contribution in [2.75, 3.05) is 13.1 Å². The number of primary amides is 1. The van der Waals surface area contributed by atoms with E-state index in [4.69, 9.17) is 10.5 Å². The summed E-state index contributed by atoms with van der Waals surface area (Å²) in [7, 11) is 0. The number of fused-ring (bicyclic) bond motifs is 2. The lowest BCUT2D eigenvalue weighted by Crippen LogP contribution is -2.41. The van der Waals surface area contributed by atoms with E-state index in [-0.39, 0.29) is 11.3 Å². The Balaban J connectivity index is 1.55. The molecule has 2 aromatic rings. The quantitative estimate of drug-likeness (QED) is 0.942. The van der Waals surface area contributed by atoms with Crippen LogP contribution in [0.5, 0.6) is 0 Å². The monoisotopic (exact) mass is 324 g/mol. The molecular formula is C19H20N2O3. The zero-order valence-electron chi connectivity index (χ0n) is 13.6. The molecule has 2 amide bonds. The normalized spacial score (nSPS) is 26.0. The molecule has 5 heteroatoms. The van der Waals surface area contributed by atoms with Crippen molar-refractivity contribution in [1.82, 2.24) is 4.90 Å². The van der Waals surface area contributed by atoms with Crippen LogP contribution in [0, 0.1) is 5.92 Å². The van der Waals surface area contributed by atoms with Crippen molar-refractivity contribution < 1.29 is 14.3 Å². The van der Waals surface area contributed by atoms with Gasteiger partial charge in [-0.05, 0) is 35.6 Å². The fourth-order valence-corrected chi connectivity index (χ4v) is 4.08. The number of benzene rings is 2. The maximum atomic E-state index is 12.4. The smallest absolute Gasteiger partial charge is 0.405 e. The van der Waals surface area contributed by atoms with E-state index in [1.54, 1.807) is 11.8 Å². The highest BCUT2D eigenvalue weighted by Gasteiger charge is 2.61. The van der Waals surface area contributed by atoms with Crippen LogP contribution in [0.15, 0.2) is 42.5 Å². The van der Waals surface area contributed by atoms with Crippen molar-refractivity contribution in [3.05, 3.63) is 48.0 Å². The van der Waals surface area contributed by atoms with Gasteiger partial charge >= 0.3 is 6.09 Å². The predicted molar refractivity (Wildman–Crippen MR) is 90.4 cm³/mol. The SMILES string of the molecule is CC(OC(N)=O)C(=O)N1C[C@H]2C[C@@]2(c2ccc3ccccc3c2)C1. The molecule has 2 N–H and O–H groups in total. The van der Waals surface area contributed by atoms with Crippen LogP contribution in [0.25, 0.3) is 10.8 Å². The van der Waals surface area contributed by atoms with E-state index < -0.39 is 12.2 Å². The van der Waals surface area contributed by atoms with E-state index in [9.17, 15) is 9.59 Å². The van der Waals surface area contributed by atoms with Gasteiger partial charge in [-0.2, -0.15) is 0 Å². The van der Waals surface area contributed by atoms with Crippen LogP contribution in [0.4, 0.5) is 4.79 Å². The van der Waals surface area contributed by atoms with Gasteiger partial charge in [-0.25, -0.2) is 4.79 Å². The lowest BCUT2D eigenvalue weighted by Gasteiger charge is -2.24. The van der Waals surface area contributed by atoms with Gasteiger partial charge in [0.2, 0.25) is 0 Å². The minimum absolute atomic E-state index is 0.0616. The van der Waals surface area contributed by atoms with Crippen molar-refractivity contribution in [1.29, 1.82) is 0 Å². The first-order chi connectivity index (χ1) is 11.5. The molecule has 1 saturated heterocycles. The Morgan fingerprint density at radius 3 is 2.75 bits per heavy atom. The number of nitrogens with zero attached hydrogens (tertiary/aromatic N) is 1. The van der Waals surface area contributed by atoms with Crippen LogP contribution in [-0.4, -0.2) is 36.1 Å². The first-order valence-electron chi connectivity index (χ1n) is 8.24. The highest BCUT2D eigenvalue weighted by Crippen LogP contribution is 2.59. The molecule has 1 heterocycles. The number of likely N-dealkylation sites (tertiary alicyclic amines) is 1. The molecule has 0 radical (unpaired) electrons. The van der Waals surface area contributed by atoms with Crippen LogP contribution in [0.2, 0.25) is 0 Å². The maximum Gasteiger partial charge on any atom is 0.405 e. The number of carbonyl (C=O) groups excluding carboxylic acids is 2. The summed E-state index contributed by atoms with van der Waals surface area (Å²) in [6.07, 6.45) is -0.627. The molecule has 0 aromatic heterocycles. The van der Waals surface area contributed by atoms with E-state index in [0.29, 0.717) is 12.5 Å².